The normalized spacial score (nSPS) is 13.9. The van der Waals surface area contributed by atoms with Crippen LogP contribution in [-0.4, -0.2) is 32.3 Å². The first-order valence-corrected chi connectivity index (χ1v) is 10.4. The van der Waals surface area contributed by atoms with Crippen LogP contribution in [-0.2, 0) is 6.67 Å². The number of halogens is 2. The molecule has 2 aromatic carbocycles. The van der Waals surface area contributed by atoms with Crippen LogP contribution >= 0.6 is 12.2 Å². The maximum atomic E-state index is 14.6. The van der Waals surface area contributed by atoms with E-state index >= 15 is 0 Å². The fraction of sp³-hybridized carbons (Fsp3) is 0.364. The Kier molecular flexibility index (Phi) is 5.87. The van der Waals surface area contributed by atoms with Gasteiger partial charge in [-0.05, 0) is 56.1 Å². The SMILES string of the molecule is CCCN(CC1CC1)Cn1nc(-c2ccccc2)n(-c2ccc(F)cc2F)c1=S. The van der Waals surface area contributed by atoms with Gasteiger partial charge >= 0.3 is 0 Å². The van der Waals surface area contributed by atoms with E-state index in [2.05, 4.69) is 11.8 Å². The minimum Gasteiger partial charge on any atom is -0.284 e. The van der Waals surface area contributed by atoms with Crippen LogP contribution in [0.2, 0.25) is 0 Å². The third kappa shape index (κ3) is 4.46. The molecule has 0 saturated heterocycles. The predicted molar refractivity (Wildman–Crippen MR) is 112 cm³/mol. The highest BCUT2D eigenvalue weighted by molar-refractivity contribution is 7.71. The number of rotatable bonds is 8. The van der Waals surface area contributed by atoms with Crippen molar-refractivity contribution in [3.8, 4) is 17.1 Å². The molecule has 0 N–H and O–H groups in total. The summed E-state index contributed by atoms with van der Waals surface area (Å²) >= 11 is 5.70. The molecule has 1 aromatic heterocycles. The van der Waals surface area contributed by atoms with E-state index in [9.17, 15) is 8.78 Å². The van der Waals surface area contributed by atoms with Crippen LogP contribution in [0.15, 0.2) is 48.5 Å². The van der Waals surface area contributed by atoms with E-state index in [0.717, 1.165) is 37.1 Å². The molecule has 29 heavy (non-hydrogen) atoms. The molecule has 1 aliphatic carbocycles. The number of hydrogen-bond acceptors (Lipinski definition) is 3. The molecule has 0 aliphatic heterocycles. The first kappa shape index (κ1) is 19.9. The average molecular weight is 415 g/mol. The second-order valence-corrected chi connectivity index (χ2v) is 7.93. The summed E-state index contributed by atoms with van der Waals surface area (Å²) in [4.78, 5) is 2.35. The van der Waals surface area contributed by atoms with Crippen LogP contribution < -0.4 is 0 Å². The van der Waals surface area contributed by atoms with Gasteiger partial charge < -0.3 is 0 Å². The zero-order chi connectivity index (χ0) is 20.4. The van der Waals surface area contributed by atoms with Crippen LogP contribution in [0.5, 0.6) is 0 Å². The molecular weight excluding hydrogens is 390 g/mol. The van der Waals surface area contributed by atoms with Crippen molar-refractivity contribution in [1.82, 2.24) is 19.2 Å². The van der Waals surface area contributed by atoms with Gasteiger partial charge in [0.1, 0.15) is 11.6 Å². The first-order chi connectivity index (χ1) is 14.1. The lowest BCUT2D eigenvalue weighted by Gasteiger charge is -2.21. The summed E-state index contributed by atoms with van der Waals surface area (Å²) in [5.41, 5.74) is 1.02. The Hall–Kier alpha value is -2.38. The quantitative estimate of drug-likeness (QED) is 0.460. The summed E-state index contributed by atoms with van der Waals surface area (Å²) in [6.45, 7) is 4.69. The van der Waals surface area contributed by atoms with Gasteiger partial charge in [-0.2, -0.15) is 0 Å². The number of aromatic nitrogens is 3. The van der Waals surface area contributed by atoms with Crippen LogP contribution in [0.4, 0.5) is 8.78 Å². The maximum absolute atomic E-state index is 14.6. The van der Waals surface area contributed by atoms with E-state index in [1.165, 1.54) is 25.0 Å². The summed E-state index contributed by atoms with van der Waals surface area (Å²) in [6, 6.07) is 13.1. The second-order valence-electron chi connectivity index (χ2n) is 7.56. The third-order valence-electron chi connectivity index (χ3n) is 5.11. The highest BCUT2D eigenvalue weighted by Crippen LogP contribution is 2.30. The van der Waals surface area contributed by atoms with Gasteiger partial charge in [-0.1, -0.05) is 37.3 Å². The van der Waals surface area contributed by atoms with Gasteiger partial charge in [-0.15, -0.1) is 5.10 Å². The van der Waals surface area contributed by atoms with E-state index < -0.39 is 11.6 Å². The largest absolute Gasteiger partial charge is 0.284 e. The molecule has 0 atom stereocenters. The average Bonchev–Trinajstić information content (AvgIpc) is 3.47. The molecule has 3 aromatic rings. The van der Waals surface area contributed by atoms with Crippen LogP contribution in [0.3, 0.4) is 0 Å². The fourth-order valence-corrected chi connectivity index (χ4v) is 3.83. The van der Waals surface area contributed by atoms with Crippen molar-refractivity contribution in [2.75, 3.05) is 13.1 Å². The Labute approximate surface area is 174 Å². The van der Waals surface area contributed by atoms with Crippen molar-refractivity contribution in [2.45, 2.75) is 32.9 Å². The Morgan fingerprint density at radius 3 is 2.55 bits per heavy atom. The standard InChI is InChI=1S/C22H24F2N4S/c1-2-12-26(14-16-8-9-16)15-27-22(29)28(20-11-10-18(23)13-19(20)24)21(25-27)17-6-4-3-5-7-17/h3-7,10-11,13,16H,2,8-9,12,14-15H2,1H3. The smallest absolute Gasteiger partial charge is 0.204 e. The predicted octanol–water partition coefficient (Wildman–Crippen LogP) is 5.43. The molecule has 4 rings (SSSR count). The number of nitrogens with zero attached hydrogens (tertiary/aromatic N) is 4. The summed E-state index contributed by atoms with van der Waals surface area (Å²) in [5, 5.41) is 4.74. The molecule has 1 fully saturated rings. The van der Waals surface area contributed by atoms with Crippen molar-refractivity contribution in [3.05, 3.63) is 64.9 Å². The molecular formula is C22H24F2N4S. The van der Waals surface area contributed by atoms with Gasteiger partial charge in [0.15, 0.2) is 5.82 Å². The summed E-state index contributed by atoms with van der Waals surface area (Å²) in [7, 11) is 0. The summed E-state index contributed by atoms with van der Waals surface area (Å²) < 4.78 is 31.8. The summed E-state index contributed by atoms with van der Waals surface area (Å²) in [5.74, 6) is 0.0103. The van der Waals surface area contributed by atoms with E-state index in [-0.39, 0.29) is 5.69 Å². The van der Waals surface area contributed by atoms with E-state index in [0.29, 0.717) is 17.3 Å². The monoisotopic (exact) mass is 414 g/mol. The molecule has 7 heteroatoms. The minimum atomic E-state index is -0.666. The van der Waals surface area contributed by atoms with Gasteiger partial charge in [-0.25, -0.2) is 13.5 Å². The summed E-state index contributed by atoms with van der Waals surface area (Å²) in [6.07, 6.45) is 3.59. The Balaban J connectivity index is 1.79. The molecule has 0 amide bonds. The van der Waals surface area contributed by atoms with Crippen LogP contribution in [0, 0.1) is 22.3 Å². The lowest BCUT2D eigenvalue weighted by atomic mass is 10.2. The van der Waals surface area contributed by atoms with Gasteiger partial charge in [-0.3, -0.25) is 9.47 Å². The fourth-order valence-electron chi connectivity index (χ4n) is 3.54. The Bertz CT molecular complexity index is 1040. The van der Waals surface area contributed by atoms with Crippen LogP contribution in [0.25, 0.3) is 17.1 Å². The van der Waals surface area contributed by atoms with Crippen molar-refractivity contribution in [1.29, 1.82) is 0 Å². The lowest BCUT2D eigenvalue weighted by molar-refractivity contribution is 0.197. The number of hydrogen-bond donors (Lipinski definition) is 0. The van der Waals surface area contributed by atoms with Gasteiger partial charge in [0.2, 0.25) is 4.77 Å². The molecule has 0 bridgehead atoms. The lowest BCUT2D eigenvalue weighted by Crippen LogP contribution is -2.30. The van der Waals surface area contributed by atoms with Crippen molar-refractivity contribution in [3.63, 3.8) is 0 Å². The zero-order valence-corrected chi connectivity index (χ0v) is 17.2. The topological polar surface area (TPSA) is 26.0 Å². The highest BCUT2D eigenvalue weighted by atomic mass is 32.1. The molecule has 4 nitrogen and oxygen atoms in total. The van der Waals surface area contributed by atoms with E-state index in [1.807, 2.05) is 30.3 Å². The van der Waals surface area contributed by atoms with Crippen molar-refractivity contribution in [2.24, 2.45) is 5.92 Å². The second kappa shape index (κ2) is 8.55. The highest BCUT2D eigenvalue weighted by Gasteiger charge is 2.25. The van der Waals surface area contributed by atoms with Crippen molar-refractivity contribution < 1.29 is 8.78 Å². The molecule has 1 aliphatic rings. The molecule has 1 saturated carbocycles. The minimum absolute atomic E-state index is 0.200. The van der Waals surface area contributed by atoms with E-state index in [4.69, 9.17) is 17.3 Å². The van der Waals surface area contributed by atoms with Gasteiger partial charge in [0, 0.05) is 18.2 Å². The number of benzene rings is 2. The molecule has 152 valence electrons. The van der Waals surface area contributed by atoms with E-state index in [1.54, 1.807) is 9.25 Å². The molecule has 1 heterocycles. The molecule has 0 radical (unpaired) electrons. The Morgan fingerprint density at radius 2 is 1.90 bits per heavy atom. The van der Waals surface area contributed by atoms with Gasteiger partial charge in [0.25, 0.3) is 0 Å². The third-order valence-corrected chi connectivity index (χ3v) is 5.50. The molecule has 0 spiro atoms. The molecule has 0 unspecified atom stereocenters. The van der Waals surface area contributed by atoms with Crippen molar-refractivity contribution >= 4 is 12.2 Å². The van der Waals surface area contributed by atoms with Crippen LogP contribution in [0.1, 0.15) is 26.2 Å². The maximum Gasteiger partial charge on any atom is 0.204 e. The van der Waals surface area contributed by atoms with Gasteiger partial charge in [0.05, 0.1) is 12.4 Å². The first-order valence-electron chi connectivity index (χ1n) is 10.00. The Morgan fingerprint density at radius 1 is 1.14 bits per heavy atom. The zero-order valence-electron chi connectivity index (χ0n) is 16.4.